The Labute approximate surface area is 329 Å². The number of halogens is 1. The molecule has 1 aromatic heterocycles. The number of hydrogen-bond donors (Lipinski definition) is 10. The second-order valence-electron chi connectivity index (χ2n) is 13.7. The van der Waals surface area contributed by atoms with Gasteiger partial charge in [-0.3, -0.25) is 52.6 Å². The van der Waals surface area contributed by atoms with Crippen LogP contribution in [-0.2, 0) is 60.9 Å². The number of carbonyl (C=O) groups excluding carboxylic acids is 7. The van der Waals surface area contributed by atoms with Gasteiger partial charge in [0.2, 0.25) is 41.4 Å². The zero-order valence-electron chi connectivity index (χ0n) is 31.3. The number of carbonyl (C=O) groups is 10. The lowest BCUT2D eigenvalue weighted by atomic mass is 10.1. The molecule has 3 heterocycles. The smallest absolute Gasteiger partial charge is 0.305 e. The van der Waals surface area contributed by atoms with Gasteiger partial charge < -0.3 is 57.2 Å². The first kappa shape index (κ1) is 46.1. The van der Waals surface area contributed by atoms with Crippen molar-refractivity contribution in [2.75, 3.05) is 19.6 Å². The number of aliphatic hydroxyl groups excluding tert-OH is 1. The van der Waals surface area contributed by atoms with E-state index >= 15 is 0 Å². The molecular formula is C33H47FN10O14. The summed E-state index contributed by atoms with van der Waals surface area (Å²) in [5, 5.41) is 59.9. The Bertz CT molecular complexity index is 1720. The predicted octanol–water partition coefficient (Wildman–Crippen LogP) is -4.69. The Morgan fingerprint density at radius 2 is 1.45 bits per heavy atom. The zero-order chi connectivity index (χ0) is 43.1. The quantitative estimate of drug-likeness (QED) is 0.112. The van der Waals surface area contributed by atoms with Crippen LogP contribution in [0.1, 0.15) is 64.0 Å². The molecule has 24 nitrogen and oxygen atoms in total. The summed E-state index contributed by atoms with van der Waals surface area (Å²) in [5.74, 6) is -11.3. The highest BCUT2D eigenvalue weighted by Gasteiger charge is 2.44. The number of aryl methyl sites for hydroxylation is 1. The summed E-state index contributed by atoms with van der Waals surface area (Å²) in [6, 6.07) is -8.34. The van der Waals surface area contributed by atoms with Crippen LogP contribution in [0.5, 0.6) is 0 Å². The van der Waals surface area contributed by atoms with E-state index in [0.717, 1.165) is 6.92 Å². The van der Waals surface area contributed by atoms with Crippen LogP contribution in [0, 0.1) is 0 Å². The van der Waals surface area contributed by atoms with Crippen LogP contribution in [0.2, 0.25) is 0 Å². The minimum Gasteiger partial charge on any atom is -0.481 e. The van der Waals surface area contributed by atoms with Crippen LogP contribution in [0.3, 0.4) is 0 Å². The van der Waals surface area contributed by atoms with Gasteiger partial charge in [-0.25, -0.2) is 4.39 Å². The molecule has 1 aromatic rings. The van der Waals surface area contributed by atoms with Gasteiger partial charge in [-0.2, -0.15) is 0 Å². The molecule has 10 N–H and O–H groups in total. The number of aliphatic carboxylic acids is 3. The van der Waals surface area contributed by atoms with E-state index in [1.54, 1.807) is 0 Å². The number of nitrogens with one attached hydrogen (secondary N) is 6. The summed E-state index contributed by atoms with van der Waals surface area (Å²) in [4.78, 5) is 127. The molecule has 320 valence electrons. The number of alkyl halides is 1. The van der Waals surface area contributed by atoms with Crippen LogP contribution >= 0.6 is 0 Å². The fraction of sp³-hybridized carbons (Fsp3) is 0.636. The van der Waals surface area contributed by atoms with Gasteiger partial charge in [0, 0.05) is 51.4 Å². The fourth-order valence-corrected chi connectivity index (χ4v) is 6.04. The topological polar surface area (TPSA) is 358 Å². The average molecular weight is 827 g/mol. The SMILES string of the molecule is C[C@@H](O)[C@@H]1NC(=O)[C@H](CCC(=O)O)NC(=O)[C@@H]2C[C@H](F)CN2C(=O)[C@H](CC(=O)O)NC(=O)CCCn2cc(nn2)CCNC(=O)[C@H](CCC(=O)O)NC(=O)CNC1=O. The molecule has 1 saturated heterocycles. The number of aliphatic hydroxyl groups is 1. The molecule has 2 bridgehead atoms. The molecule has 1 fully saturated rings. The molecule has 2 aliphatic heterocycles. The summed E-state index contributed by atoms with van der Waals surface area (Å²) < 4.78 is 16.2. The van der Waals surface area contributed by atoms with E-state index in [1.807, 2.05) is 0 Å². The van der Waals surface area contributed by atoms with Crippen molar-refractivity contribution in [2.45, 2.75) is 114 Å². The monoisotopic (exact) mass is 826 g/mol. The van der Waals surface area contributed by atoms with Crippen molar-refractivity contribution in [3.8, 4) is 0 Å². The molecule has 7 amide bonds. The van der Waals surface area contributed by atoms with E-state index in [0.29, 0.717) is 10.6 Å². The van der Waals surface area contributed by atoms with Crippen molar-refractivity contribution in [3.05, 3.63) is 11.9 Å². The Hall–Kier alpha value is -6.27. The van der Waals surface area contributed by atoms with Crippen molar-refractivity contribution >= 4 is 59.3 Å². The van der Waals surface area contributed by atoms with E-state index in [9.17, 15) is 67.7 Å². The van der Waals surface area contributed by atoms with Crippen LogP contribution in [0.15, 0.2) is 6.20 Å². The van der Waals surface area contributed by atoms with Crippen LogP contribution in [0.4, 0.5) is 4.39 Å². The molecule has 25 heteroatoms. The third-order valence-electron chi connectivity index (χ3n) is 8.97. The van der Waals surface area contributed by atoms with E-state index in [2.05, 4.69) is 42.2 Å². The highest BCUT2D eigenvalue weighted by molar-refractivity contribution is 5.97. The Balaban J connectivity index is 1.92. The van der Waals surface area contributed by atoms with E-state index in [-0.39, 0.29) is 38.8 Å². The normalized spacial score (nSPS) is 25.6. The number of fused-ring (bicyclic) bond motifs is 3. The number of carboxylic acid groups (broad SMARTS) is 3. The summed E-state index contributed by atoms with van der Waals surface area (Å²) in [6.45, 7) is -0.321. The minimum absolute atomic E-state index is 0.0280. The first-order chi connectivity index (χ1) is 27.3. The lowest BCUT2D eigenvalue weighted by Gasteiger charge is -2.29. The van der Waals surface area contributed by atoms with Gasteiger partial charge in [0.05, 0.1) is 31.3 Å². The lowest BCUT2D eigenvalue weighted by Crippen LogP contribution is -2.60. The van der Waals surface area contributed by atoms with Gasteiger partial charge in [0.15, 0.2) is 0 Å². The third-order valence-corrected chi connectivity index (χ3v) is 8.97. The highest BCUT2D eigenvalue weighted by Crippen LogP contribution is 2.23. The standard InChI is InChI=1S/C33H47FN10O14/c1-16(45)28-32(57)36-13-24(47)37-19(4-6-25(48)49)29(54)35-9-8-18-15-43(42-41-18)10-2-3-23(46)38-21(12-27(52)53)33(58)44-14-17(34)11-22(44)31(56)39-20(30(55)40-28)5-7-26(50)51/h15-17,19-22,28,45H,2-14H2,1H3,(H,35,54)(H,36,57)(H,37,47)(H,38,46)(H,39,56)(H,40,55)(H,48,49)(H,50,51)(H,52,53)/t16-,17+,19+,20+,21+,22+,28+/m1/s1. The van der Waals surface area contributed by atoms with Gasteiger partial charge >= 0.3 is 17.9 Å². The van der Waals surface area contributed by atoms with Crippen LogP contribution in [0.25, 0.3) is 0 Å². The van der Waals surface area contributed by atoms with Crippen LogP contribution in [-0.4, -0.2) is 162 Å². The lowest BCUT2D eigenvalue weighted by molar-refractivity contribution is -0.146. The van der Waals surface area contributed by atoms with Gasteiger partial charge in [-0.05, 0) is 26.2 Å². The van der Waals surface area contributed by atoms with Crippen molar-refractivity contribution in [1.82, 2.24) is 51.8 Å². The van der Waals surface area contributed by atoms with E-state index in [1.165, 1.54) is 10.9 Å². The van der Waals surface area contributed by atoms with Gasteiger partial charge in [-0.15, -0.1) is 5.10 Å². The summed E-state index contributed by atoms with van der Waals surface area (Å²) in [7, 11) is 0. The van der Waals surface area contributed by atoms with Crippen molar-refractivity contribution < 1.29 is 72.8 Å². The van der Waals surface area contributed by atoms with E-state index < -0.39 is 147 Å². The molecule has 7 atom stereocenters. The minimum atomic E-state index is -1.82. The number of hydrogen-bond acceptors (Lipinski definition) is 13. The molecule has 3 rings (SSSR count). The largest absolute Gasteiger partial charge is 0.481 e. The summed E-state index contributed by atoms with van der Waals surface area (Å²) in [5.41, 5.74) is 0.405. The molecule has 0 unspecified atom stereocenters. The fourth-order valence-electron chi connectivity index (χ4n) is 6.04. The predicted molar refractivity (Wildman–Crippen MR) is 189 cm³/mol. The Kier molecular flexibility index (Phi) is 17.4. The number of rotatable bonds is 9. The molecular weight excluding hydrogens is 779 g/mol. The number of aromatic nitrogens is 3. The number of amides is 7. The van der Waals surface area contributed by atoms with Crippen molar-refractivity contribution in [3.63, 3.8) is 0 Å². The number of nitrogens with zero attached hydrogens (tertiary/aromatic N) is 4. The number of carboxylic acids is 3. The third kappa shape index (κ3) is 14.7. The first-order valence-electron chi connectivity index (χ1n) is 18.3. The second kappa shape index (κ2) is 21.9. The Morgan fingerprint density at radius 3 is 2.07 bits per heavy atom. The van der Waals surface area contributed by atoms with Gasteiger partial charge in [0.25, 0.3) is 0 Å². The average Bonchev–Trinajstić information content (AvgIpc) is 3.77. The second-order valence-corrected chi connectivity index (χ2v) is 13.7. The van der Waals surface area contributed by atoms with E-state index in [4.69, 9.17) is 5.11 Å². The molecule has 0 saturated carbocycles. The molecule has 0 aliphatic carbocycles. The van der Waals surface area contributed by atoms with Crippen molar-refractivity contribution in [2.24, 2.45) is 0 Å². The zero-order valence-corrected chi connectivity index (χ0v) is 31.3. The molecule has 0 spiro atoms. The molecule has 0 aromatic carbocycles. The molecule has 58 heavy (non-hydrogen) atoms. The maximum Gasteiger partial charge on any atom is 0.305 e. The van der Waals surface area contributed by atoms with Crippen molar-refractivity contribution in [1.29, 1.82) is 0 Å². The van der Waals surface area contributed by atoms with Crippen LogP contribution < -0.4 is 31.9 Å². The summed E-state index contributed by atoms with van der Waals surface area (Å²) >= 11 is 0. The molecule has 0 radical (unpaired) electrons. The van der Waals surface area contributed by atoms with Gasteiger partial charge in [0.1, 0.15) is 36.4 Å². The highest BCUT2D eigenvalue weighted by atomic mass is 19.1. The molecule has 2 aliphatic rings. The Morgan fingerprint density at radius 1 is 0.810 bits per heavy atom. The van der Waals surface area contributed by atoms with Gasteiger partial charge in [-0.1, -0.05) is 5.21 Å². The maximum atomic E-state index is 14.8. The maximum absolute atomic E-state index is 14.8. The first-order valence-corrected chi connectivity index (χ1v) is 18.3. The summed E-state index contributed by atoms with van der Waals surface area (Å²) in [6.07, 6.45) is -5.64.